The fourth-order valence-electron chi connectivity index (χ4n) is 4.40. The first kappa shape index (κ1) is 19.9. The van der Waals surface area contributed by atoms with Crippen molar-refractivity contribution in [2.45, 2.75) is 32.4 Å². The second kappa shape index (κ2) is 8.29. The average Bonchev–Trinajstić information content (AvgIpc) is 3.42. The number of hydrogen-bond acceptors (Lipinski definition) is 5. The van der Waals surface area contributed by atoms with Crippen LogP contribution in [-0.4, -0.2) is 35.9 Å². The minimum absolute atomic E-state index is 0.139. The number of pyridine rings is 1. The standard InChI is InChI=1S/C25H25N7O/c33-25-12-22(28-24-6-1-2-9-32(24)25)23-16-31(30-29-23)15-18-7-8-19-11-20(27-21(19)10-18)14-26-13-17-4-3-5-17/h1-2,6-12,16-17,26-27H,3-5,13-15H2. The van der Waals surface area contributed by atoms with Gasteiger partial charge < -0.3 is 10.3 Å². The molecule has 8 heteroatoms. The fourth-order valence-corrected chi connectivity index (χ4v) is 4.40. The Labute approximate surface area is 190 Å². The topological polar surface area (TPSA) is 92.9 Å². The van der Waals surface area contributed by atoms with Crippen molar-refractivity contribution in [2.75, 3.05) is 6.54 Å². The van der Waals surface area contributed by atoms with Crippen LogP contribution in [0.15, 0.2) is 65.7 Å². The van der Waals surface area contributed by atoms with Crippen molar-refractivity contribution >= 4 is 16.6 Å². The molecule has 5 aromatic rings. The van der Waals surface area contributed by atoms with Gasteiger partial charge in [0.05, 0.1) is 12.7 Å². The predicted octanol–water partition coefficient (Wildman–Crippen LogP) is 3.37. The summed E-state index contributed by atoms with van der Waals surface area (Å²) in [4.78, 5) is 20.5. The molecule has 1 aliphatic rings. The number of nitrogens with zero attached hydrogens (tertiary/aromatic N) is 5. The first-order valence-corrected chi connectivity index (χ1v) is 11.4. The summed E-state index contributed by atoms with van der Waals surface area (Å²) in [5.74, 6) is 0.859. The van der Waals surface area contributed by atoms with Crippen LogP contribution >= 0.6 is 0 Å². The second-order valence-electron chi connectivity index (χ2n) is 8.85. The molecule has 0 radical (unpaired) electrons. The molecule has 4 heterocycles. The van der Waals surface area contributed by atoms with Gasteiger partial charge in [0.15, 0.2) is 0 Å². The first-order chi connectivity index (χ1) is 16.2. The Morgan fingerprint density at radius 1 is 1.09 bits per heavy atom. The number of aromatic amines is 1. The first-order valence-electron chi connectivity index (χ1n) is 11.4. The van der Waals surface area contributed by atoms with Crippen LogP contribution in [-0.2, 0) is 13.1 Å². The lowest BCUT2D eigenvalue weighted by atomic mass is 9.85. The van der Waals surface area contributed by atoms with Gasteiger partial charge in [-0.05, 0) is 60.5 Å². The van der Waals surface area contributed by atoms with E-state index in [0.717, 1.165) is 30.1 Å². The van der Waals surface area contributed by atoms with E-state index in [9.17, 15) is 4.79 Å². The van der Waals surface area contributed by atoms with Crippen LogP contribution in [0.25, 0.3) is 27.9 Å². The van der Waals surface area contributed by atoms with Gasteiger partial charge >= 0.3 is 0 Å². The van der Waals surface area contributed by atoms with E-state index in [0.29, 0.717) is 23.6 Å². The van der Waals surface area contributed by atoms with Crippen molar-refractivity contribution in [3.05, 3.63) is 82.5 Å². The normalized spacial score (nSPS) is 14.2. The molecule has 166 valence electrons. The summed E-state index contributed by atoms with van der Waals surface area (Å²) in [6.45, 7) is 2.56. The van der Waals surface area contributed by atoms with Crippen LogP contribution < -0.4 is 10.9 Å². The molecule has 0 amide bonds. The van der Waals surface area contributed by atoms with Crippen LogP contribution in [0.4, 0.5) is 0 Å². The van der Waals surface area contributed by atoms with E-state index in [-0.39, 0.29) is 5.56 Å². The highest BCUT2D eigenvalue weighted by molar-refractivity contribution is 5.81. The summed E-state index contributed by atoms with van der Waals surface area (Å²) < 4.78 is 3.28. The molecular formula is C25H25N7O. The summed E-state index contributed by atoms with van der Waals surface area (Å²) in [5, 5.41) is 13.3. The van der Waals surface area contributed by atoms with Crippen molar-refractivity contribution in [1.29, 1.82) is 0 Å². The third kappa shape index (κ3) is 4.05. The highest BCUT2D eigenvalue weighted by atomic mass is 16.1. The van der Waals surface area contributed by atoms with E-state index in [1.54, 1.807) is 16.9 Å². The molecule has 8 nitrogen and oxygen atoms in total. The molecular weight excluding hydrogens is 414 g/mol. The number of fused-ring (bicyclic) bond motifs is 2. The summed E-state index contributed by atoms with van der Waals surface area (Å²) in [7, 11) is 0. The van der Waals surface area contributed by atoms with Crippen LogP contribution in [0.5, 0.6) is 0 Å². The maximum atomic E-state index is 12.4. The largest absolute Gasteiger partial charge is 0.357 e. The zero-order chi connectivity index (χ0) is 22.2. The smallest absolute Gasteiger partial charge is 0.258 e. The van der Waals surface area contributed by atoms with Gasteiger partial charge in [-0.15, -0.1) is 5.10 Å². The van der Waals surface area contributed by atoms with E-state index in [1.165, 1.54) is 40.8 Å². The highest BCUT2D eigenvalue weighted by Gasteiger charge is 2.16. The minimum Gasteiger partial charge on any atom is -0.357 e. The highest BCUT2D eigenvalue weighted by Crippen LogP contribution is 2.25. The van der Waals surface area contributed by atoms with E-state index in [1.807, 2.05) is 18.3 Å². The van der Waals surface area contributed by atoms with E-state index in [2.05, 4.69) is 49.9 Å². The van der Waals surface area contributed by atoms with Crippen molar-refractivity contribution in [3.63, 3.8) is 0 Å². The lowest BCUT2D eigenvalue weighted by Gasteiger charge is -2.25. The van der Waals surface area contributed by atoms with Gasteiger partial charge in [0.1, 0.15) is 17.0 Å². The molecule has 0 bridgehead atoms. The molecule has 2 N–H and O–H groups in total. The third-order valence-electron chi connectivity index (χ3n) is 6.43. The molecule has 0 unspecified atom stereocenters. The minimum atomic E-state index is -0.139. The lowest BCUT2D eigenvalue weighted by molar-refractivity contribution is 0.301. The van der Waals surface area contributed by atoms with Gasteiger partial charge in [0.25, 0.3) is 5.56 Å². The Morgan fingerprint density at radius 3 is 2.91 bits per heavy atom. The molecule has 6 rings (SSSR count). The van der Waals surface area contributed by atoms with Gasteiger partial charge in [-0.1, -0.05) is 29.8 Å². The second-order valence-corrected chi connectivity index (χ2v) is 8.85. The van der Waals surface area contributed by atoms with Crippen molar-refractivity contribution in [3.8, 4) is 11.4 Å². The Hall–Kier alpha value is -3.78. The summed E-state index contributed by atoms with van der Waals surface area (Å²) >= 11 is 0. The summed E-state index contributed by atoms with van der Waals surface area (Å²) in [6, 6.07) is 15.6. The monoisotopic (exact) mass is 439 g/mol. The Bertz CT molecular complexity index is 1490. The van der Waals surface area contributed by atoms with Crippen molar-refractivity contribution in [1.82, 2.24) is 34.7 Å². The molecule has 4 aromatic heterocycles. The Balaban J connectivity index is 1.18. The molecule has 33 heavy (non-hydrogen) atoms. The number of hydrogen-bond donors (Lipinski definition) is 2. The van der Waals surface area contributed by atoms with Gasteiger partial charge in [-0.2, -0.15) is 0 Å². The van der Waals surface area contributed by atoms with Crippen LogP contribution in [0.3, 0.4) is 0 Å². The van der Waals surface area contributed by atoms with E-state index in [4.69, 9.17) is 0 Å². The number of benzene rings is 1. The number of aromatic nitrogens is 6. The third-order valence-corrected chi connectivity index (χ3v) is 6.43. The van der Waals surface area contributed by atoms with Gasteiger partial charge in [-0.25, -0.2) is 9.67 Å². The Morgan fingerprint density at radius 2 is 2.03 bits per heavy atom. The number of rotatable bonds is 7. The van der Waals surface area contributed by atoms with E-state index < -0.39 is 0 Å². The zero-order valence-electron chi connectivity index (χ0n) is 18.2. The Kier molecular flexibility index (Phi) is 4.99. The SMILES string of the molecule is O=c1cc(-c2cn(Cc3ccc4cc(CNCC5CCC5)[nH]c4c3)nn2)nc2ccccn12. The summed E-state index contributed by atoms with van der Waals surface area (Å²) in [5.41, 5.74) is 5.01. The van der Waals surface area contributed by atoms with Gasteiger partial charge in [0.2, 0.25) is 0 Å². The zero-order valence-corrected chi connectivity index (χ0v) is 18.2. The van der Waals surface area contributed by atoms with Crippen LogP contribution in [0.1, 0.15) is 30.5 Å². The van der Waals surface area contributed by atoms with E-state index >= 15 is 0 Å². The van der Waals surface area contributed by atoms with Crippen molar-refractivity contribution in [2.24, 2.45) is 5.92 Å². The number of H-pyrrole nitrogens is 1. The molecule has 1 fully saturated rings. The molecule has 1 aromatic carbocycles. The molecule has 0 spiro atoms. The maximum Gasteiger partial charge on any atom is 0.258 e. The molecule has 0 aliphatic heterocycles. The quantitative estimate of drug-likeness (QED) is 0.406. The van der Waals surface area contributed by atoms with Crippen LogP contribution in [0.2, 0.25) is 0 Å². The molecule has 1 saturated carbocycles. The molecule has 1 aliphatic carbocycles. The number of nitrogens with one attached hydrogen (secondary N) is 2. The van der Waals surface area contributed by atoms with Crippen LogP contribution in [0, 0.1) is 5.92 Å². The maximum absolute atomic E-state index is 12.4. The predicted molar refractivity (Wildman–Crippen MR) is 127 cm³/mol. The lowest BCUT2D eigenvalue weighted by Crippen LogP contribution is -2.26. The van der Waals surface area contributed by atoms with Gasteiger partial charge in [-0.3, -0.25) is 9.20 Å². The van der Waals surface area contributed by atoms with Gasteiger partial charge in [0, 0.05) is 30.0 Å². The molecule has 0 atom stereocenters. The molecule has 0 saturated heterocycles. The average molecular weight is 440 g/mol. The van der Waals surface area contributed by atoms with Crippen molar-refractivity contribution < 1.29 is 0 Å². The summed E-state index contributed by atoms with van der Waals surface area (Å²) in [6.07, 6.45) is 7.64. The fraction of sp³-hybridized carbons (Fsp3) is 0.280.